The standard InChI is InChI=1S/C15H16N2O4S/c1-21-12-4-2-3-10(5-12)6-13(18)16-7-11(8-16)17-14(19)9-22-15(17)20/h2-5,11H,6-9H2,1H3. The summed E-state index contributed by atoms with van der Waals surface area (Å²) in [6.45, 7) is 0.863. The van der Waals surface area contributed by atoms with E-state index in [4.69, 9.17) is 4.74 Å². The lowest BCUT2D eigenvalue weighted by Gasteiger charge is -2.42. The predicted molar refractivity (Wildman–Crippen MR) is 81.8 cm³/mol. The number of carbonyl (C=O) groups is 3. The Hall–Kier alpha value is -2.02. The predicted octanol–water partition coefficient (Wildman–Crippen LogP) is 1.14. The van der Waals surface area contributed by atoms with E-state index in [0.717, 1.165) is 23.1 Å². The van der Waals surface area contributed by atoms with Gasteiger partial charge >= 0.3 is 0 Å². The third kappa shape index (κ3) is 2.81. The van der Waals surface area contributed by atoms with Gasteiger partial charge in [0.15, 0.2) is 0 Å². The first-order valence-electron chi connectivity index (χ1n) is 6.98. The molecule has 2 aliphatic heterocycles. The van der Waals surface area contributed by atoms with Crippen molar-refractivity contribution >= 4 is 28.8 Å². The topological polar surface area (TPSA) is 66.9 Å². The highest BCUT2D eigenvalue weighted by Crippen LogP contribution is 2.26. The summed E-state index contributed by atoms with van der Waals surface area (Å²) >= 11 is 1.03. The Morgan fingerprint density at radius 3 is 2.77 bits per heavy atom. The zero-order chi connectivity index (χ0) is 15.7. The Morgan fingerprint density at radius 2 is 2.14 bits per heavy atom. The van der Waals surface area contributed by atoms with E-state index in [-0.39, 0.29) is 28.8 Å². The number of likely N-dealkylation sites (tertiary alicyclic amines) is 1. The largest absolute Gasteiger partial charge is 0.497 e. The van der Waals surface area contributed by atoms with Gasteiger partial charge in [-0.1, -0.05) is 23.9 Å². The lowest BCUT2D eigenvalue weighted by Crippen LogP contribution is -2.62. The molecular formula is C15H16N2O4S. The molecule has 0 bridgehead atoms. The Kier molecular flexibility index (Phi) is 4.06. The molecule has 1 aromatic carbocycles. The lowest BCUT2D eigenvalue weighted by atomic mass is 10.0. The maximum absolute atomic E-state index is 12.2. The third-order valence-corrected chi connectivity index (χ3v) is 4.69. The van der Waals surface area contributed by atoms with Gasteiger partial charge in [-0.3, -0.25) is 19.3 Å². The molecule has 1 aromatic rings. The molecule has 2 heterocycles. The summed E-state index contributed by atoms with van der Waals surface area (Å²) in [6, 6.07) is 7.22. The molecule has 116 valence electrons. The van der Waals surface area contributed by atoms with Crippen LogP contribution in [0.3, 0.4) is 0 Å². The Balaban J connectivity index is 1.55. The SMILES string of the molecule is COc1cccc(CC(=O)N2CC(N3C(=O)CSC3=O)C2)c1. The van der Waals surface area contributed by atoms with E-state index in [1.165, 1.54) is 4.90 Å². The number of amides is 3. The molecule has 3 rings (SSSR count). The monoisotopic (exact) mass is 320 g/mol. The first-order valence-corrected chi connectivity index (χ1v) is 7.96. The van der Waals surface area contributed by atoms with Gasteiger partial charge in [-0.15, -0.1) is 0 Å². The van der Waals surface area contributed by atoms with E-state index in [0.29, 0.717) is 19.5 Å². The average molecular weight is 320 g/mol. The van der Waals surface area contributed by atoms with Crippen molar-refractivity contribution in [3.05, 3.63) is 29.8 Å². The summed E-state index contributed by atoms with van der Waals surface area (Å²) in [5, 5.41) is -0.199. The summed E-state index contributed by atoms with van der Waals surface area (Å²) in [6.07, 6.45) is 0.292. The Bertz CT molecular complexity index is 612. The van der Waals surface area contributed by atoms with Gasteiger partial charge in [-0.25, -0.2) is 0 Å². The Labute approximate surface area is 132 Å². The first-order chi connectivity index (χ1) is 10.6. The molecule has 2 fully saturated rings. The van der Waals surface area contributed by atoms with E-state index >= 15 is 0 Å². The van der Waals surface area contributed by atoms with Crippen LogP contribution in [0.25, 0.3) is 0 Å². The molecule has 0 atom stereocenters. The van der Waals surface area contributed by atoms with E-state index in [1.54, 1.807) is 12.0 Å². The minimum atomic E-state index is -0.199. The van der Waals surface area contributed by atoms with Crippen LogP contribution in [0.5, 0.6) is 5.75 Å². The summed E-state index contributed by atoms with van der Waals surface area (Å²) in [4.78, 5) is 38.4. The van der Waals surface area contributed by atoms with Crippen molar-refractivity contribution in [2.45, 2.75) is 12.5 Å². The number of carbonyl (C=O) groups excluding carboxylic acids is 3. The normalized spacial score (nSPS) is 18.6. The smallest absolute Gasteiger partial charge is 0.289 e. The van der Waals surface area contributed by atoms with Crippen LogP contribution in [0.1, 0.15) is 5.56 Å². The molecule has 0 N–H and O–H groups in total. The van der Waals surface area contributed by atoms with Gasteiger partial charge in [0.05, 0.1) is 25.3 Å². The molecule has 0 radical (unpaired) electrons. The van der Waals surface area contributed by atoms with E-state index < -0.39 is 0 Å². The lowest BCUT2D eigenvalue weighted by molar-refractivity contribution is -0.141. The summed E-state index contributed by atoms with van der Waals surface area (Å²) < 4.78 is 5.14. The number of methoxy groups -OCH3 is 1. The highest BCUT2D eigenvalue weighted by atomic mass is 32.2. The van der Waals surface area contributed by atoms with Crippen molar-refractivity contribution in [3.8, 4) is 5.75 Å². The number of rotatable bonds is 4. The molecule has 0 unspecified atom stereocenters. The van der Waals surface area contributed by atoms with Crippen LogP contribution in [0.4, 0.5) is 4.79 Å². The number of hydrogen-bond acceptors (Lipinski definition) is 5. The van der Waals surface area contributed by atoms with E-state index in [1.807, 2.05) is 24.3 Å². The Morgan fingerprint density at radius 1 is 1.36 bits per heavy atom. The first kappa shape index (κ1) is 14.9. The molecular weight excluding hydrogens is 304 g/mol. The van der Waals surface area contributed by atoms with Crippen LogP contribution >= 0.6 is 11.8 Å². The number of ether oxygens (including phenoxy) is 1. The summed E-state index contributed by atoms with van der Waals surface area (Å²) in [7, 11) is 1.59. The second-order valence-electron chi connectivity index (χ2n) is 5.30. The fraction of sp³-hybridized carbons (Fsp3) is 0.400. The van der Waals surface area contributed by atoms with Gasteiger partial charge in [0.2, 0.25) is 11.8 Å². The van der Waals surface area contributed by atoms with Gasteiger partial charge in [-0.2, -0.15) is 0 Å². The van der Waals surface area contributed by atoms with Crippen LogP contribution in [-0.4, -0.2) is 58.8 Å². The van der Waals surface area contributed by atoms with E-state index in [9.17, 15) is 14.4 Å². The molecule has 0 aromatic heterocycles. The number of hydrogen-bond donors (Lipinski definition) is 0. The molecule has 22 heavy (non-hydrogen) atoms. The fourth-order valence-corrected chi connectivity index (χ4v) is 3.38. The van der Waals surface area contributed by atoms with Crippen LogP contribution in [0, 0.1) is 0 Å². The van der Waals surface area contributed by atoms with Crippen LogP contribution in [0.2, 0.25) is 0 Å². The van der Waals surface area contributed by atoms with Gasteiger partial charge in [-0.05, 0) is 17.7 Å². The quantitative estimate of drug-likeness (QED) is 0.832. The third-order valence-electron chi connectivity index (χ3n) is 3.85. The molecule has 0 spiro atoms. The maximum Gasteiger partial charge on any atom is 0.289 e. The van der Waals surface area contributed by atoms with Crippen LogP contribution < -0.4 is 4.74 Å². The molecule has 2 aliphatic rings. The maximum atomic E-state index is 12.2. The minimum absolute atomic E-state index is 0.00347. The molecule has 7 heteroatoms. The van der Waals surface area contributed by atoms with Crippen molar-refractivity contribution in [2.24, 2.45) is 0 Å². The van der Waals surface area contributed by atoms with Crippen molar-refractivity contribution in [1.82, 2.24) is 9.80 Å². The number of benzene rings is 1. The van der Waals surface area contributed by atoms with Crippen molar-refractivity contribution in [1.29, 1.82) is 0 Å². The zero-order valence-electron chi connectivity index (χ0n) is 12.2. The average Bonchev–Trinajstić information content (AvgIpc) is 2.78. The number of imide groups is 1. The van der Waals surface area contributed by atoms with Crippen LogP contribution in [0.15, 0.2) is 24.3 Å². The van der Waals surface area contributed by atoms with E-state index in [2.05, 4.69) is 0 Å². The van der Waals surface area contributed by atoms with Gasteiger partial charge < -0.3 is 9.64 Å². The second-order valence-corrected chi connectivity index (χ2v) is 6.23. The summed E-state index contributed by atoms with van der Waals surface area (Å²) in [5.41, 5.74) is 0.886. The highest BCUT2D eigenvalue weighted by Gasteiger charge is 2.43. The molecule has 0 saturated carbocycles. The number of thioether (sulfide) groups is 1. The van der Waals surface area contributed by atoms with Gasteiger partial charge in [0, 0.05) is 13.1 Å². The van der Waals surface area contributed by atoms with Crippen molar-refractivity contribution < 1.29 is 19.1 Å². The van der Waals surface area contributed by atoms with Crippen molar-refractivity contribution in [3.63, 3.8) is 0 Å². The van der Waals surface area contributed by atoms with Gasteiger partial charge in [0.1, 0.15) is 5.75 Å². The fourth-order valence-electron chi connectivity index (χ4n) is 2.61. The molecule has 6 nitrogen and oxygen atoms in total. The van der Waals surface area contributed by atoms with Gasteiger partial charge in [0.25, 0.3) is 5.24 Å². The van der Waals surface area contributed by atoms with Crippen LogP contribution in [-0.2, 0) is 16.0 Å². The minimum Gasteiger partial charge on any atom is -0.497 e. The molecule has 2 saturated heterocycles. The number of nitrogens with zero attached hydrogens (tertiary/aromatic N) is 2. The molecule has 0 aliphatic carbocycles. The highest BCUT2D eigenvalue weighted by molar-refractivity contribution is 8.14. The van der Waals surface area contributed by atoms with Crippen molar-refractivity contribution in [2.75, 3.05) is 26.0 Å². The molecule has 3 amide bonds. The second kappa shape index (κ2) is 6.00. The summed E-state index contributed by atoms with van der Waals surface area (Å²) in [5.74, 6) is 0.779. The zero-order valence-corrected chi connectivity index (χ0v) is 13.0.